The van der Waals surface area contributed by atoms with Crippen LogP contribution in [-0.2, 0) is 44.8 Å². The van der Waals surface area contributed by atoms with Gasteiger partial charge in [0.25, 0.3) is 5.67 Å². The number of fused-ring (bicyclic) bond motifs is 5. The van der Waals surface area contributed by atoms with Gasteiger partial charge >= 0.3 is 5.97 Å². The zero-order chi connectivity index (χ0) is 52.7. The molecule has 0 spiro atoms. The van der Waals surface area contributed by atoms with Crippen LogP contribution in [0.25, 0.3) is 10.7 Å². The average molecular weight is 1010 g/mol. The maximum absolute atomic E-state index is 17.1. The van der Waals surface area contributed by atoms with Crippen LogP contribution < -0.4 is 11.1 Å². The molecule has 19 heteroatoms. The third-order valence-electron chi connectivity index (χ3n) is 14.9. The van der Waals surface area contributed by atoms with Crippen molar-refractivity contribution in [2.45, 2.75) is 195 Å². The number of cyclic esters (lactones) is 1. The monoisotopic (exact) mass is 1010 g/mol. The molecular weight excluding hydrogens is 934 g/mol. The van der Waals surface area contributed by atoms with Gasteiger partial charge in [0.05, 0.1) is 29.7 Å². The highest BCUT2D eigenvalue weighted by Crippen LogP contribution is 2.47. The van der Waals surface area contributed by atoms with Crippen LogP contribution in [0.1, 0.15) is 140 Å². The smallest absolute Gasteiger partial charge is 0.351 e. The van der Waals surface area contributed by atoms with Gasteiger partial charge in [0.15, 0.2) is 18.7 Å². The molecule has 14 atom stereocenters. The Morgan fingerprint density at radius 3 is 2.44 bits per heavy atom. The molecule has 5 rings (SSSR count). The highest BCUT2D eigenvalue weighted by Gasteiger charge is 2.56. The molecule has 71 heavy (non-hydrogen) atoms. The molecule has 3 fully saturated rings. The predicted octanol–water partition coefficient (Wildman–Crippen LogP) is 7.46. The minimum absolute atomic E-state index is 0.00931. The van der Waals surface area contributed by atoms with E-state index in [-0.39, 0.29) is 75.0 Å². The Kier molecular flexibility index (Phi) is 19.8. The molecule has 2 aromatic heterocycles. The van der Waals surface area contributed by atoms with Gasteiger partial charge in [0, 0.05) is 35.4 Å². The fourth-order valence-corrected chi connectivity index (χ4v) is 11.6. The fraction of sp³-hybridized carbons (Fsp3) is 0.731. The number of aliphatic hydroxyl groups is 2. The molecule has 1 saturated carbocycles. The van der Waals surface area contributed by atoms with E-state index in [0.717, 1.165) is 6.92 Å². The van der Waals surface area contributed by atoms with Crippen LogP contribution in [0.3, 0.4) is 0 Å². The van der Waals surface area contributed by atoms with Crippen LogP contribution in [0.15, 0.2) is 33.7 Å². The number of Topliss-reactive ketones (excluding diaryl/α,β-unsaturated/α-hetero) is 1. The number of thiazole rings is 1. The zero-order valence-corrected chi connectivity index (χ0v) is 44.9. The summed E-state index contributed by atoms with van der Waals surface area (Å²) >= 11 is 1.35. The minimum Gasteiger partial charge on any atom is -0.457 e. The van der Waals surface area contributed by atoms with Gasteiger partial charge in [-0.3, -0.25) is 14.4 Å². The number of hydrogen-bond donors (Lipinski definition) is 4. The maximum Gasteiger partial charge on any atom is 0.351 e. The number of carbonyl (C=O) groups is 4. The van der Waals surface area contributed by atoms with Gasteiger partial charge in [-0.15, -0.1) is 11.3 Å². The minimum atomic E-state index is -3.15. The number of amides is 2. The SMILES string of the molecule is CCC(=O)N=C1[C@H](C)C[C@@]2(C)CC/C(=N/OCc3csc(-c4cccc(NC(=O)[C@@H](N)CC(C)C)n4)n3)CC[C@H]([C@H]1C)[C@](C)(O)[C@@H](CC)OC(=O)[C@@](C)(F)C(=O)[C@H](C)[C@H]2O[C@@H]1O[C@H](C)C[C@H](N(C)C)[C@H]1O. The summed E-state index contributed by atoms with van der Waals surface area (Å²) in [5.41, 5.74) is 2.32. The van der Waals surface area contributed by atoms with Gasteiger partial charge in [-0.1, -0.05) is 66.6 Å². The van der Waals surface area contributed by atoms with Crippen molar-refractivity contribution < 1.29 is 52.8 Å². The molecule has 2 aliphatic heterocycles. The second-order valence-corrected chi connectivity index (χ2v) is 22.4. The molecule has 0 unspecified atom stereocenters. The Balaban J connectivity index is 1.59. The summed E-state index contributed by atoms with van der Waals surface area (Å²) in [4.78, 5) is 76.8. The fourth-order valence-electron chi connectivity index (χ4n) is 10.9. The number of hydrogen-bond acceptors (Lipinski definition) is 16. The molecule has 5 N–H and O–H groups in total. The van der Waals surface area contributed by atoms with E-state index in [2.05, 4.69) is 10.3 Å². The number of nitrogens with zero attached hydrogens (tertiary/aromatic N) is 5. The number of likely N-dealkylation sites (N-methyl/N-ethyl adjacent to an activating group) is 1. The molecular formula is C52H80FN7O10S. The number of aliphatic hydroxyl groups excluding tert-OH is 1. The van der Waals surface area contributed by atoms with Gasteiger partial charge in [-0.05, 0) is 122 Å². The molecule has 0 aromatic carbocycles. The van der Waals surface area contributed by atoms with Crippen LogP contribution >= 0.6 is 11.3 Å². The van der Waals surface area contributed by atoms with Gasteiger partial charge in [-0.25, -0.2) is 24.1 Å². The number of halogens is 1. The number of ketones is 1. The molecule has 2 aromatic rings. The van der Waals surface area contributed by atoms with Crippen molar-refractivity contribution in [3.05, 3.63) is 29.3 Å². The number of oxime groups is 1. The third kappa shape index (κ3) is 13.9. The van der Waals surface area contributed by atoms with E-state index in [1.54, 1.807) is 39.0 Å². The topological polar surface area (TPSA) is 237 Å². The Bertz CT molecular complexity index is 2240. The first-order chi connectivity index (χ1) is 33.2. The third-order valence-corrected chi connectivity index (χ3v) is 15.8. The van der Waals surface area contributed by atoms with Gasteiger partial charge in [-0.2, -0.15) is 0 Å². The number of esters is 1. The lowest BCUT2D eigenvalue weighted by molar-refractivity contribution is -0.287. The number of nitrogens with two attached hydrogens (primary N) is 1. The number of rotatable bonds is 13. The molecule has 17 nitrogen and oxygen atoms in total. The average Bonchev–Trinajstić information content (AvgIpc) is 3.78. The molecule has 0 radical (unpaired) electrons. The summed E-state index contributed by atoms with van der Waals surface area (Å²) in [6.45, 7) is 19.0. The summed E-state index contributed by atoms with van der Waals surface area (Å²) in [5.74, 6) is -5.67. The first kappa shape index (κ1) is 57.8. The van der Waals surface area contributed by atoms with Gasteiger partial charge in [0.1, 0.15) is 34.3 Å². The Morgan fingerprint density at radius 2 is 1.79 bits per heavy atom. The normalized spacial score (nSPS) is 35.1. The first-order valence-electron chi connectivity index (χ1n) is 25.3. The highest BCUT2D eigenvalue weighted by molar-refractivity contribution is 7.13. The summed E-state index contributed by atoms with van der Waals surface area (Å²) in [7, 11) is 3.69. The van der Waals surface area contributed by atoms with Gasteiger partial charge < -0.3 is 45.2 Å². The standard InChI is InChI=1S/C52H80FN7O10S/c1-14-39-52(11,66)35-20-19-33(59-67-26-34-27-71-47(55-34)37-17-16-18-40(56-37)57-46(64)36(54)23-28(3)4)21-22-50(9,25-29(5)42(31(35)7)58-41(61)15-2)45(32(8)44(63)51(10,53)49(65)69-39)70-48-43(62)38(60(12)13)24-30(6)68-48/h16-18,27-32,35-36,38-39,43,45,48,62,66H,14-15,19-26,54H2,1-13H3,(H,56,57,64)/b58-42?,59-33+/t29-,30-,31-,32+,35-,36+,38+,39-,43-,45-,48+,50-,51+,52+/m1/s1. The van der Waals surface area contributed by atoms with Gasteiger partial charge in [0.2, 0.25) is 11.8 Å². The lowest BCUT2D eigenvalue weighted by atomic mass is 9.65. The molecule has 4 heterocycles. The van der Waals surface area contributed by atoms with Crippen LogP contribution in [-0.4, -0.2) is 128 Å². The number of pyridine rings is 1. The lowest BCUT2D eigenvalue weighted by Crippen LogP contribution is -2.59. The van der Waals surface area contributed by atoms with Crippen molar-refractivity contribution in [2.24, 2.45) is 50.9 Å². The zero-order valence-electron chi connectivity index (χ0n) is 44.1. The Hall–Kier alpha value is -4.11. The number of anilines is 1. The number of carbonyl (C=O) groups excluding carboxylic acids is 4. The van der Waals surface area contributed by atoms with E-state index in [0.29, 0.717) is 52.9 Å². The summed E-state index contributed by atoms with van der Waals surface area (Å²) in [6, 6.07) is 4.21. The maximum atomic E-state index is 17.1. The van der Waals surface area contributed by atoms with E-state index < -0.39 is 82.8 Å². The molecule has 396 valence electrons. The largest absolute Gasteiger partial charge is 0.457 e. The van der Waals surface area contributed by atoms with Crippen molar-refractivity contribution in [1.82, 2.24) is 14.9 Å². The van der Waals surface area contributed by atoms with Crippen LogP contribution in [0.4, 0.5) is 10.2 Å². The Morgan fingerprint density at radius 1 is 1.08 bits per heavy atom. The van der Waals surface area contributed by atoms with Crippen molar-refractivity contribution in [1.29, 1.82) is 0 Å². The van der Waals surface area contributed by atoms with Crippen molar-refractivity contribution in [3.63, 3.8) is 0 Å². The van der Waals surface area contributed by atoms with Crippen molar-refractivity contribution >= 4 is 52.1 Å². The molecule has 1 aliphatic carbocycles. The number of aliphatic imine (C=N–C) groups is 1. The summed E-state index contributed by atoms with van der Waals surface area (Å²) < 4.78 is 36.1. The summed E-state index contributed by atoms with van der Waals surface area (Å²) in [6.07, 6.45) is -2.58. The van der Waals surface area contributed by atoms with Crippen LogP contribution in [0, 0.1) is 35.0 Å². The molecule has 2 amide bonds. The number of alkyl halides is 1. The van der Waals surface area contributed by atoms with E-state index in [1.807, 2.05) is 65.9 Å². The molecule has 3 aliphatic rings. The predicted molar refractivity (Wildman–Crippen MR) is 271 cm³/mol. The van der Waals surface area contributed by atoms with Crippen LogP contribution in [0.5, 0.6) is 0 Å². The number of ether oxygens (including phenoxy) is 3. The van der Waals surface area contributed by atoms with E-state index in [4.69, 9.17) is 39.9 Å². The quantitative estimate of drug-likeness (QED) is 0.0866. The first-order valence-corrected chi connectivity index (χ1v) is 26.2. The van der Waals surface area contributed by atoms with E-state index in [1.165, 1.54) is 18.3 Å². The van der Waals surface area contributed by atoms with E-state index >= 15 is 4.39 Å². The number of nitrogens with one attached hydrogen (secondary N) is 1. The second kappa shape index (κ2) is 24.3. The Labute approximate surface area is 423 Å². The van der Waals surface area contributed by atoms with Crippen molar-refractivity contribution in [3.8, 4) is 10.7 Å². The van der Waals surface area contributed by atoms with E-state index in [9.17, 15) is 29.4 Å². The lowest BCUT2D eigenvalue weighted by Gasteiger charge is -2.48. The van der Waals surface area contributed by atoms with Crippen LogP contribution in [0.2, 0.25) is 0 Å². The molecule has 2 saturated heterocycles. The second-order valence-electron chi connectivity index (χ2n) is 21.5. The molecule has 2 bridgehead atoms. The highest BCUT2D eigenvalue weighted by atomic mass is 32.1. The summed E-state index contributed by atoms with van der Waals surface area (Å²) in [5, 5.41) is 34.4. The van der Waals surface area contributed by atoms with Crippen molar-refractivity contribution in [2.75, 3.05) is 19.4 Å². The number of aromatic nitrogens is 2.